The summed E-state index contributed by atoms with van der Waals surface area (Å²) in [4.78, 5) is 31.7. The minimum atomic E-state index is -0.242. The van der Waals surface area contributed by atoms with Gasteiger partial charge in [0.25, 0.3) is 0 Å². The maximum atomic E-state index is 12.4. The van der Waals surface area contributed by atoms with Crippen molar-refractivity contribution >= 4 is 28.3 Å². The third-order valence-electron chi connectivity index (χ3n) is 4.35. The van der Waals surface area contributed by atoms with Crippen LogP contribution in [0.2, 0.25) is 0 Å². The lowest BCUT2D eigenvalue weighted by Crippen LogP contribution is -2.23. The number of H-pyrrole nitrogens is 2. The van der Waals surface area contributed by atoms with E-state index < -0.39 is 0 Å². The molecule has 0 spiro atoms. The van der Waals surface area contributed by atoms with E-state index in [0.717, 1.165) is 42.8 Å². The Labute approximate surface area is 138 Å². The summed E-state index contributed by atoms with van der Waals surface area (Å²) in [7, 11) is 0. The zero-order valence-electron chi connectivity index (χ0n) is 13.2. The predicted molar refractivity (Wildman–Crippen MR) is 93.4 cm³/mol. The van der Waals surface area contributed by atoms with Crippen molar-refractivity contribution in [2.75, 3.05) is 23.3 Å². The quantitative estimate of drug-likeness (QED) is 0.685. The molecule has 4 rings (SSSR count). The normalized spacial score (nSPS) is 14.4. The van der Waals surface area contributed by atoms with Gasteiger partial charge in [0.1, 0.15) is 6.54 Å². The molecule has 24 heavy (non-hydrogen) atoms. The number of benzene rings is 1. The number of hydrogen-bond acceptors (Lipinski definition) is 3. The van der Waals surface area contributed by atoms with Crippen molar-refractivity contribution in [3.63, 3.8) is 0 Å². The average Bonchev–Trinajstić information content (AvgIpc) is 3.26. The fourth-order valence-corrected chi connectivity index (χ4v) is 3.22. The SMILES string of the molecule is O=C(Cn1cccc1)Nc1cc2[nH]c(=O)[nH]c2cc1N1CCCC1. The number of carbonyl (C=O) groups excluding carboxylic acids is 1. The highest BCUT2D eigenvalue weighted by molar-refractivity contribution is 5.98. The zero-order valence-corrected chi connectivity index (χ0v) is 13.2. The Balaban J connectivity index is 1.67. The molecule has 0 saturated carbocycles. The number of hydrogen-bond donors (Lipinski definition) is 3. The molecular formula is C17H19N5O2. The van der Waals surface area contributed by atoms with E-state index in [1.807, 2.05) is 41.2 Å². The number of nitrogens with one attached hydrogen (secondary N) is 3. The summed E-state index contributed by atoms with van der Waals surface area (Å²) in [5, 5.41) is 2.99. The fraction of sp³-hybridized carbons (Fsp3) is 0.294. The van der Waals surface area contributed by atoms with Gasteiger partial charge in [-0.25, -0.2) is 4.79 Å². The largest absolute Gasteiger partial charge is 0.370 e. The molecule has 0 aliphatic carbocycles. The van der Waals surface area contributed by atoms with Gasteiger partial charge in [0.05, 0.1) is 22.4 Å². The number of aromatic amines is 2. The molecule has 0 radical (unpaired) electrons. The van der Waals surface area contributed by atoms with Crippen molar-refractivity contribution in [1.29, 1.82) is 0 Å². The highest BCUT2D eigenvalue weighted by Gasteiger charge is 2.18. The first kappa shape index (κ1) is 14.6. The van der Waals surface area contributed by atoms with Crippen molar-refractivity contribution in [3.05, 3.63) is 47.1 Å². The number of nitrogens with zero attached hydrogens (tertiary/aromatic N) is 2. The van der Waals surface area contributed by atoms with Crippen LogP contribution in [0.15, 0.2) is 41.5 Å². The second-order valence-corrected chi connectivity index (χ2v) is 6.09. The standard InChI is InChI=1S/C17H19N5O2/c23-16(11-21-5-1-2-6-21)18-14-9-12-13(20-17(24)19-12)10-15(14)22-7-3-4-8-22/h1-2,5-6,9-10H,3-4,7-8,11H2,(H,18,23)(H2,19,20,24). The van der Waals surface area contributed by atoms with Gasteiger partial charge in [-0.1, -0.05) is 0 Å². The summed E-state index contributed by atoms with van der Waals surface area (Å²) in [6.45, 7) is 2.18. The van der Waals surface area contributed by atoms with Gasteiger partial charge < -0.3 is 24.8 Å². The van der Waals surface area contributed by atoms with Crippen molar-refractivity contribution in [3.8, 4) is 0 Å². The molecule has 3 aromatic rings. The van der Waals surface area contributed by atoms with Crippen LogP contribution < -0.4 is 15.9 Å². The molecule has 1 fully saturated rings. The van der Waals surface area contributed by atoms with Crippen LogP contribution in [-0.2, 0) is 11.3 Å². The summed E-state index contributed by atoms with van der Waals surface area (Å²) in [6.07, 6.45) is 5.98. The highest BCUT2D eigenvalue weighted by Crippen LogP contribution is 2.32. The number of aromatic nitrogens is 3. The molecule has 1 aliphatic heterocycles. The Bertz CT molecular complexity index is 916. The summed E-state index contributed by atoms with van der Waals surface area (Å²) in [6, 6.07) is 7.54. The first-order valence-electron chi connectivity index (χ1n) is 8.11. The van der Waals surface area contributed by atoms with Gasteiger partial charge in [0.2, 0.25) is 5.91 Å². The van der Waals surface area contributed by atoms with Crippen LogP contribution >= 0.6 is 0 Å². The van der Waals surface area contributed by atoms with Crippen LogP contribution in [0, 0.1) is 0 Å². The maximum absolute atomic E-state index is 12.4. The van der Waals surface area contributed by atoms with Crippen molar-refractivity contribution in [1.82, 2.24) is 14.5 Å². The number of amides is 1. The lowest BCUT2D eigenvalue weighted by Gasteiger charge is -2.22. The number of imidazole rings is 1. The first-order valence-corrected chi connectivity index (χ1v) is 8.11. The molecule has 7 heteroatoms. The van der Waals surface area contributed by atoms with E-state index in [2.05, 4.69) is 20.2 Å². The van der Waals surface area contributed by atoms with Crippen LogP contribution in [0.5, 0.6) is 0 Å². The van der Waals surface area contributed by atoms with Gasteiger partial charge >= 0.3 is 5.69 Å². The third-order valence-corrected chi connectivity index (χ3v) is 4.35. The lowest BCUT2D eigenvalue weighted by atomic mass is 10.2. The Hall–Kier alpha value is -2.96. The Kier molecular flexibility index (Phi) is 3.60. The maximum Gasteiger partial charge on any atom is 0.323 e. The molecule has 3 N–H and O–H groups in total. The molecular weight excluding hydrogens is 306 g/mol. The number of carbonyl (C=O) groups is 1. The Morgan fingerprint density at radius 2 is 1.75 bits per heavy atom. The zero-order chi connectivity index (χ0) is 16.5. The van der Waals surface area contributed by atoms with Gasteiger partial charge in [0, 0.05) is 25.5 Å². The number of fused-ring (bicyclic) bond motifs is 1. The second kappa shape index (κ2) is 5.92. The van der Waals surface area contributed by atoms with E-state index in [-0.39, 0.29) is 18.1 Å². The van der Waals surface area contributed by atoms with E-state index in [1.165, 1.54) is 0 Å². The smallest absolute Gasteiger partial charge is 0.323 e. The molecule has 1 aliphatic rings. The van der Waals surface area contributed by atoms with Crippen LogP contribution in [0.25, 0.3) is 11.0 Å². The van der Waals surface area contributed by atoms with Gasteiger partial charge in [-0.3, -0.25) is 4.79 Å². The van der Waals surface area contributed by atoms with Crippen LogP contribution in [0.4, 0.5) is 11.4 Å². The van der Waals surface area contributed by atoms with E-state index in [9.17, 15) is 9.59 Å². The van der Waals surface area contributed by atoms with Crippen molar-refractivity contribution < 1.29 is 4.79 Å². The minimum Gasteiger partial charge on any atom is -0.370 e. The van der Waals surface area contributed by atoms with E-state index >= 15 is 0 Å². The van der Waals surface area contributed by atoms with E-state index in [1.54, 1.807) is 0 Å². The molecule has 1 saturated heterocycles. The summed E-state index contributed by atoms with van der Waals surface area (Å²) in [5.41, 5.74) is 2.89. The van der Waals surface area contributed by atoms with Crippen LogP contribution in [0.1, 0.15) is 12.8 Å². The average molecular weight is 325 g/mol. The van der Waals surface area contributed by atoms with Crippen molar-refractivity contribution in [2.45, 2.75) is 19.4 Å². The second-order valence-electron chi connectivity index (χ2n) is 6.09. The Morgan fingerprint density at radius 3 is 2.46 bits per heavy atom. The van der Waals surface area contributed by atoms with Crippen molar-refractivity contribution in [2.24, 2.45) is 0 Å². The molecule has 2 aromatic heterocycles. The molecule has 1 aromatic carbocycles. The van der Waals surface area contributed by atoms with Gasteiger partial charge in [-0.15, -0.1) is 0 Å². The molecule has 0 unspecified atom stereocenters. The topological polar surface area (TPSA) is 85.9 Å². The van der Waals surface area contributed by atoms with Gasteiger partial charge in [-0.05, 0) is 37.1 Å². The Morgan fingerprint density at radius 1 is 1.08 bits per heavy atom. The predicted octanol–water partition coefficient (Wildman–Crippen LogP) is 1.90. The highest BCUT2D eigenvalue weighted by atomic mass is 16.2. The molecule has 0 atom stereocenters. The molecule has 0 bridgehead atoms. The molecule has 124 valence electrons. The molecule has 3 heterocycles. The monoisotopic (exact) mass is 325 g/mol. The molecule has 7 nitrogen and oxygen atoms in total. The third kappa shape index (κ3) is 2.80. The van der Waals surface area contributed by atoms with Crippen LogP contribution in [0.3, 0.4) is 0 Å². The fourth-order valence-electron chi connectivity index (χ4n) is 3.22. The first-order chi connectivity index (χ1) is 11.7. The van der Waals surface area contributed by atoms with Gasteiger partial charge in [-0.2, -0.15) is 0 Å². The van der Waals surface area contributed by atoms with Crippen LogP contribution in [-0.4, -0.2) is 33.5 Å². The van der Waals surface area contributed by atoms with E-state index in [0.29, 0.717) is 5.52 Å². The number of anilines is 2. The summed E-state index contributed by atoms with van der Waals surface area (Å²) >= 11 is 0. The molecule has 1 amide bonds. The minimum absolute atomic E-state index is 0.0936. The summed E-state index contributed by atoms with van der Waals surface area (Å²) in [5.74, 6) is -0.0936. The van der Waals surface area contributed by atoms with E-state index in [4.69, 9.17) is 0 Å². The number of rotatable bonds is 4. The van der Waals surface area contributed by atoms with Gasteiger partial charge in [0.15, 0.2) is 0 Å². The summed E-state index contributed by atoms with van der Waals surface area (Å²) < 4.78 is 1.82. The lowest BCUT2D eigenvalue weighted by molar-refractivity contribution is -0.116.